The highest BCUT2D eigenvalue weighted by molar-refractivity contribution is 5.86. The molecule has 0 saturated carbocycles. The van der Waals surface area contributed by atoms with E-state index in [0.717, 1.165) is 90.1 Å². The summed E-state index contributed by atoms with van der Waals surface area (Å²) >= 11 is 0. The first-order valence-electron chi connectivity index (χ1n) is 23.6. The van der Waals surface area contributed by atoms with E-state index in [1.165, 1.54) is 9.80 Å². The average Bonchev–Trinajstić information content (AvgIpc) is 3.95. The molecular weight excluding hydrogens is 835 g/mol. The highest BCUT2D eigenvalue weighted by atomic mass is 16.5. The predicted molar refractivity (Wildman–Crippen MR) is 235 cm³/mol. The molecule has 3 N–H and O–H groups in total. The number of hydrogen-bond acceptors (Lipinski definition) is 14. The van der Waals surface area contributed by atoms with Gasteiger partial charge in [-0.15, -0.1) is 0 Å². The monoisotopic (exact) mass is 912 g/mol. The zero-order chi connectivity index (χ0) is 47.0. The average molecular weight is 912 g/mol. The molecule has 19 nitrogen and oxygen atoms in total. The van der Waals surface area contributed by atoms with E-state index in [1.54, 1.807) is 23.8 Å². The fourth-order valence-corrected chi connectivity index (χ4v) is 7.93. The van der Waals surface area contributed by atoms with Gasteiger partial charge in [0.25, 0.3) is 0 Å². The van der Waals surface area contributed by atoms with Gasteiger partial charge < -0.3 is 44.3 Å². The number of nitrogens with one attached hydrogen (secondary N) is 1. The normalized spacial score (nSPS) is 16.0. The van der Waals surface area contributed by atoms with Crippen LogP contribution in [0.15, 0.2) is 0 Å². The summed E-state index contributed by atoms with van der Waals surface area (Å²) in [6, 6.07) is -1.04. The van der Waals surface area contributed by atoms with Gasteiger partial charge in [-0.25, -0.2) is 9.59 Å². The molecule has 366 valence electrons. The van der Waals surface area contributed by atoms with Crippen molar-refractivity contribution in [2.45, 2.75) is 147 Å². The Kier molecular flexibility index (Phi) is 29.7. The summed E-state index contributed by atoms with van der Waals surface area (Å²) in [4.78, 5) is 104. The van der Waals surface area contributed by atoms with E-state index in [1.807, 2.05) is 0 Å². The van der Waals surface area contributed by atoms with Crippen molar-refractivity contribution in [3.05, 3.63) is 0 Å². The van der Waals surface area contributed by atoms with E-state index in [9.17, 15) is 48.6 Å². The molecule has 2 fully saturated rings. The van der Waals surface area contributed by atoms with E-state index >= 15 is 0 Å². The van der Waals surface area contributed by atoms with Gasteiger partial charge in [-0.2, -0.15) is 0 Å². The van der Waals surface area contributed by atoms with E-state index in [2.05, 4.69) is 5.32 Å². The molecule has 0 spiro atoms. The highest BCUT2D eigenvalue weighted by Crippen LogP contribution is 2.23. The minimum Gasteiger partial charge on any atom is -0.480 e. The summed E-state index contributed by atoms with van der Waals surface area (Å²) < 4.78 is 21.3. The molecule has 0 aromatic heterocycles. The molecule has 0 aliphatic carbocycles. The van der Waals surface area contributed by atoms with Crippen LogP contribution in [0.25, 0.3) is 0 Å². The summed E-state index contributed by atoms with van der Waals surface area (Å²) in [5.41, 5.74) is 0. The molecule has 64 heavy (non-hydrogen) atoms. The van der Waals surface area contributed by atoms with E-state index in [0.29, 0.717) is 71.2 Å². The number of rotatable bonds is 37. The molecule has 2 unspecified atom stereocenters. The van der Waals surface area contributed by atoms with Crippen LogP contribution in [0.3, 0.4) is 0 Å². The third-order valence-electron chi connectivity index (χ3n) is 11.3. The Labute approximate surface area is 379 Å². The van der Waals surface area contributed by atoms with Crippen LogP contribution in [0.4, 0.5) is 0 Å². The van der Waals surface area contributed by atoms with Crippen molar-refractivity contribution < 1.29 is 67.5 Å². The smallest absolute Gasteiger partial charge is 0.328 e. The second-order valence-corrected chi connectivity index (χ2v) is 16.7. The second-order valence-electron chi connectivity index (χ2n) is 16.7. The topological polar surface area (TPSA) is 239 Å². The maximum Gasteiger partial charge on any atom is 0.328 e. The van der Waals surface area contributed by atoms with Crippen LogP contribution in [-0.2, 0) is 57.3 Å². The van der Waals surface area contributed by atoms with Crippen LogP contribution < -0.4 is 5.32 Å². The fourth-order valence-electron chi connectivity index (χ4n) is 7.93. The van der Waals surface area contributed by atoms with Crippen molar-refractivity contribution >= 4 is 47.6 Å². The number of likely N-dealkylation sites (N-methyl/N-ethyl adjacent to an activating group) is 1. The Morgan fingerprint density at radius 3 is 1.39 bits per heavy atom. The van der Waals surface area contributed by atoms with Gasteiger partial charge in [0.05, 0.1) is 46.0 Å². The fraction of sp³-hybridized carbons (Fsp3) is 0.822. The number of aliphatic carboxylic acids is 2. The SMILES string of the molecule is CCNC(=O)CN(CCN(CC(=O)O)CC(=O)OCCCCCCOC(=O)C1CCCN1C(=O)CCCCCCCCC(=O)N1CCCC1C(=O)OCCCCCCOC)CC(=O)O. The number of nitrogens with zero attached hydrogens (tertiary/aromatic N) is 4. The number of hydrogen-bond donors (Lipinski definition) is 3. The van der Waals surface area contributed by atoms with Crippen LogP contribution in [0.1, 0.15) is 135 Å². The standard InChI is InChI=1S/C45H77N5O14/c1-3-46-38(51)32-47(33-41(54)55)26-27-48(34-42(56)57)35-43(58)62-29-15-10-11-17-31-64-45(60)37-21-19-25-50(37)40(53)23-13-7-5-4-6-12-22-39(52)49-24-18-20-36(49)44(59)63-30-16-9-8-14-28-61-2/h36-37H,3-35H2,1-2H3,(H,46,51)(H,54,55)(H,56,57). The number of carboxylic acid groups (broad SMARTS) is 2. The third-order valence-corrected chi connectivity index (χ3v) is 11.3. The largest absolute Gasteiger partial charge is 0.480 e. The van der Waals surface area contributed by atoms with Crippen LogP contribution in [0.2, 0.25) is 0 Å². The first-order valence-corrected chi connectivity index (χ1v) is 23.6. The third kappa shape index (κ3) is 24.6. The van der Waals surface area contributed by atoms with Crippen molar-refractivity contribution in [2.75, 3.05) is 92.4 Å². The van der Waals surface area contributed by atoms with Crippen molar-refractivity contribution in [1.29, 1.82) is 0 Å². The van der Waals surface area contributed by atoms with E-state index in [4.69, 9.17) is 18.9 Å². The number of unbranched alkanes of at least 4 members (excludes halogenated alkanes) is 11. The van der Waals surface area contributed by atoms with Crippen LogP contribution >= 0.6 is 0 Å². The van der Waals surface area contributed by atoms with E-state index in [-0.39, 0.29) is 63.1 Å². The summed E-state index contributed by atoms with van der Waals surface area (Å²) in [7, 11) is 1.69. The number of carboxylic acids is 2. The molecule has 2 atom stereocenters. The molecule has 0 radical (unpaired) electrons. The number of amides is 3. The minimum absolute atomic E-state index is 0.0114. The first kappa shape index (κ1) is 55.8. The number of esters is 3. The summed E-state index contributed by atoms with van der Waals surface area (Å²) in [5, 5.41) is 21.1. The molecule has 2 heterocycles. The summed E-state index contributed by atoms with van der Waals surface area (Å²) in [6.45, 7) is 3.42. The molecular formula is C45H77N5O14. The lowest BCUT2D eigenvalue weighted by molar-refractivity contribution is -0.153. The van der Waals surface area contributed by atoms with Crippen molar-refractivity contribution in [3.63, 3.8) is 0 Å². The molecule has 19 heteroatoms. The first-order chi connectivity index (χ1) is 30.9. The lowest BCUT2D eigenvalue weighted by atomic mass is 10.1. The second kappa shape index (κ2) is 34.1. The molecule has 2 saturated heterocycles. The Bertz CT molecular complexity index is 1430. The summed E-state index contributed by atoms with van der Waals surface area (Å²) in [6.07, 6.45) is 15.1. The number of likely N-dealkylation sites (tertiary alicyclic amines) is 2. The Hall–Kier alpha value is -4.36. The van der Waals surface area contributed by atoms with Crippen LogP contribution in [-0.4, -0.2) is 182 Å². The van der Waals surface area contributed by atoms with Gasteiger partial charge in [-0.05, 0) is 90.4 Å². The summed E-state index contributed by atoms with van der Waals surface area (Å²) in [5.74, 6) is -4.00. The van der Waals surface area contributed by atoms with Gasteiger partial charge in [0, 0.05) is 59.3 Å². The van der Waals surface area contributed by atoms with Gasteiger partial charge >= 0.3 is 29.8 Å². The zero-order valence-electron chi connectivity index (χ0n) is 38.6. The molecule has 0 bridgehead atoms. The molecule has 0 aromatic carbocycles. The quantitative estimate of drug-likeness (QED) is 0.0460. The maximum atomic E-state index is 13.0. The minimum atomic E-state index is -1.17. The van der Waals surface area contributed by atoms with E-state index < -0.39 is 49.1 Å². The van der Waals surface area contributed by atoms with Crippen molar-refractivity contribution in [1.82, 2.24) is 24.9 Å². The number of ether oxygens (including phenoxy) is 4. The molecule has 0 aromatic rings. The number of methoxy groups -OCH3 is 1. The van der Waals surface area contributed by atoms with Gasteiger partial charge in [-0.3, -0.25) is 38.6 Å². The predicted octanol–water partition coefficient (Wildman–Crippen LogP) is 3.40. The van der Waals surface area contributed by atoms with Gasteiger partial charge in [0.15, 0.2) is 0 Å². The Morgan fingerprint density at radius 1 is 0.547 bits per heavy atom. The number of carbonyl (C=O) groups is 8. The molecule has 2 rings (SSSR count). The number of carbonyl (C=O) groups excluding carboxylic acids is 6. The van der Waals surface area contributed by atoms with Gasteiger partial charge in [0.2, 0.25) is 17.7 Å². The molecule has 2 aliphatic rings. The zero-order valence-corrected chi connectivity index (χ0v) is 38.6. The van der Waals surface area contributed by atoms with Crippen molar-refractivity contribution in [2.24, 2.45) is 0 Å². The molecule has 3 amide bonds. The van der Waals surface area contributed by atoms with Gasteiger partial charge in [0.1, 0.15) is 12.1 Å². The van der Waals surface area contributed by atoms with Gasteiger partial charge in [-0.1, -0.05) is 32.1 Å². The van der Waals surface area contributed by atoms with Crippen molar-refractivity contribution in [3.8, 4) is 0 Å². The lowest BCUT2D eigenvalue weighted by Gasteiger charge is -2.24. The van der Waals surface area contributed by atoms with Crippen LogP contribution in [0, 0.1) is 0 Å². The Balaban J connectivity index is 1.54. The lowest BCUT2D eigenvalue weighted by Crippen LogP contribution is -2.45. The Morgan fingerprint density at radius 2 is 0.953 bits per heavy atom. The maximum absolute atomic E-state index is 13.0. The molecule has 2 aliphatic heterocycles. The van der Waals surface area contributed by atoms with Crippen LogP contribution in [0.5, 0.6) is 0 Å². The highest BCUT2D eigenvalue weighted by Gasteiger charge is 2.36.